The fourth-order valence-electron chi connectivity index (χ4n) is 1.77. The zero-order valence-corrected chi connectivity index (χ0v) is 13.3. The van der Waals surface area contributed by atoms with E-state index in [0.29, 0.717) is 26.8 Å². The Morgan fingerprint density at radius 2 is 2.24 bits per heavy atom. The molecule has 0 bridgehead atoms. The average Bonchev–Trinajstić information content (AvgIpc) is 2.68. The molecule has 2 rings (SSSR count). The molecule has 1 aliphatic heterocycles. The number of aliphatic carboxylic acids is 1. The second-order valence-corrected chi connectivity index (χ2v) is 6.37. The molecule has 0 atom stereocenters. The topological polar surface area (TPSA) is 73.4 Å². The Morgan fingerprint density at radius 3 is 2.90 bits per heavy atom. The van der Waals surface area contributed by atoms with Crippen molar-refractivity contribution in [3.8, 4) is 0 Å². The number of pyridine rings is 1. The molecule has 1 aromatic heterocycles. The number of aromatic nitrogens is 1. The molecule has 1 fully saturated rings. The van der Waals surface area contributed by atoms with Crippen molar-refractivity contribution in [1.29, 1.82) is 0 Å². The normalized spacial score (nSPS) is 16.8. The average molecular weight is 340 g/mol. The Hall–Kier alpha value is -1.51. The number of hydrogen-bond acceptors (Lipinski definition) is 5. The van der Waals surface area contributed by atoms with E-state index >= 15 is 0 Å². The molecule has 0 aliphatic carbocycles. The summed E-state index contributed by atoms with van der Waals surface area (Å²) in [6, 6.07) is 3.62. The summed E-state index contributed by atoms with van der Waals surface area (Å²) >= 11 is 11.5. The number of rotatable bonds is 5. The summed E-state index contributed by atoms with van der Waals surface area (Å²) in [5.41, 5.74) is 0.749. The summed E-state index contributed by atoms with van der Waals surface area (Å²) in [7, 11) is 0. The second-order valence-electron chi connectivity index (χ2n) is 4.29. The number of nitrogens with zero attached hydrogens (tertiary/aromatic N) is 1. The number of thioether (sulfide) groups is 1. The lowest BCUT2D eigenvalue weighted by molar-refractivity contribution is -0.137. The van der Waals surface area contributed by atoms with E-state index in [4.69, 9.17) is 29.5 Å². The molecule has 21 heavy (non-hydrogen) atoms. The molecule has 1 aromatic rings. The Labute approximate surface area is 136 Å². The summed E-state index contributed by atoms with van der Waals surface area (Å²) in [5, 5.41) is 8.63. The van der Waals surface area contributed by atoms with Gasteiger partial charge in [0.25, 0.3) is 5.91 Å². The summed E-state index contributed by atoms with van der Waals surface area (Å²) in [6.45, 7) is 0.315. The lowest BCUT2D eigenvalue weighted by Crippen LogP contribution is -2.29. The Bertz CT molecular complexity index is 681. The predicted molar refractivity (Wildman–Crippen MR) is 88.4 cm³/mol. The van der Waals surface area contributed by atoms with Gasteiger partial charge in [-0.05, 0) is 18.6 Å². The highest BCUT2D eigenvalue weighted by Gasteiger charge is 2.31. The zero-order chi connectivity index (χ0) is 15.4. The highest BCUT2D eigenvalue weighted by atomic mass is 32.2. The highest BCUT2D eigenvalue weighted by molar-refractivity contribution is 8.26. The van der Waals surface area contributed by atoms with E-state index in [1.54, 1.807) is 18.3 Å². The molecule has 1 amide bonds. The Balaban J connectivity index is 2.13. The molecule has 0 aromatic carbocycles. The van der Waals surface area contributed by atoms with Crippen LogP contribution in [0.15, 0.2) is 23.2 Å². The van der Waals surface area contributed by atoms with Gasteiger partial charge in [-0.1, -0.05) is 42.3 Å². The van der Waals surface area contributed by atoms with Crippen LogP contribution in [0.1, 0.15) is 18.4 Å². The van der Waals surface area contributed by atoms with Gasteiger partial charge in [0.2, 0.25) is 0 Å². The fraction of sp³-hybridized carbons (Fsp3) is 0.231. The third-order valence-corrected chi connectivity index (χ3v) is 4.51. The molecular weight excluding hydrogens is 328 g/mol. The van der Waals surface area contributed by atoms with Crippen LogP contribution in [0.5, 0.6) is 0 Å². The van der Waals surface area contributed by atoms with E-state index in [0.717, 1.165) is 5.56 Å². The lowest BCUT2D eigenvalue weighted by Gasteiger charge is -2.13. The first kappa shape index (κ1) is 15.9. The first-order valence-corrected chi connectivity index (χ1v) is 7.77. The lowest BCUT2D eigenvalue weighted by atomic mass is 10.2. The van der Waals surface area contributed by atoms with Crippen molar-refractivity contribution in [1.82, 2.24) is 9.88 Å². The number of carbonyl (C=O) groups excluding carboxylic acids is 1. The van der Waals surface area contributed by atoms with Crippen molar-refractivity contribution in [3.63, 3.8) is 0 Å². The Kier molecular flexibility index (Phi) is 5.27. The van der Waals surface area contributed by atoms with E-state index in [9.17, 15) is 9.59 Å². The number of aromatic amines is 1. The molecule has 5 nitrogen and oxygen atoms in total. The van der Waals surface area contributed by atoms with Crippen LogP contribution in [-0.2, 0) is 9.59 Å². The number of carboxylic acid groups (broad SMARTS) is 1. The van der Waals surface area contributed by atoms with Gasteiger partial charge in [0.1, 0.15) is 8.96 Å². The van der Waals surface area contributed by atoms with Gasteiger partial charge in [-0.25, -0.2) is 0 Å². The van der Waals surface area contributed by atoms with E-state index in [-0.39, 0.29) is 12.3 Å². The maximum Gasteiger partial charge on any atom is 0.303 e. The maximum atomic E-state index is 12.3. The molecule has 0 spiro atoms. The molecule has 2 N–H and O–H groups in total. The Morgan fingerprint density at radius 1 is 1.48 bits per heavy atom. The van der Waals surface area contributed by atoms with Crippen LogP contribution in [-0.4, -0.2) is 37.7 Å². The standard InChI is InChI=1S/C13H12N2O3S3/c16-10(17)4-2-6-15-12(18)9(21-13(15)20)7-8-3-1-5-14-11(8)19/h1,3,5,7H,2,4,6H2,(H,14,19)(H,16,17). The van der Waals surface area contributed by atoms with Crippen LogP contribution < -0.4 is 0 Å². The fourth-order valence-corrected chi connectivity index (χ4v) is 3.27. The van der Waals surface area contributed by atoms with Crippen LogP contribution in [0, 0.1) is 4.64 Å². The van der Waals surface area contributed by atoms with Gasteiger partial charge >= 0.3 is 5.97 Å². The minimum absolute atomic E-state index is 0.0139. The minimum Gasteiger partial charge on any atom is -0.481 e. The number of amides is 1. The van der Waals surface area contributed by atoms with Gasteiger partial charge in [-0.2, -0.15) is 0 Å². The highest BCUT2D eigenvalue weighted by Crippen LogP contribution is 2.32. The first-order valence-electron chi connectivity index (χ1n) is 6.14. The van der Waals surface area contributed by atoms with Gasteiger partial charge in [0.05, 0.1) is 4.91 Å². The molecule has 0 saturated carbocycles. The van der Waals surface area contributed by atoms with Crippen LogP contribution in [0.2, 0.25) is 0 Å². The van der Waals surface area contributed by atoms with Crippen molar-refractivity contribution in [2.24, 2.45) is 0 Å². The van der Waals surface area contributed by atoms with Gasteiger partial charge < -0.3 is 10.1 Å². The van der Waals surface area contributed by atoms with Crippen LogP contribution in [0.25, 0.3) is 6.08 Å². The monoisotopic (exact) mass is 340 g/mol. The SMILES string of the molecule is O=C(O)CCCN1C(=O)C(=Cc2ccc[nH]c2=S)SC1=S. The summed E-state index contributed by atoms with van der Waals surface area (Å²) in [6.07, 6.45) is 3.81. The van der Waals surface area contributed by atoms with Crippen molar-refractivity contribution in [3.05, 3.63) is 33.4 Å². The largest absolute Gasteiger partial charge is 0.481 e. The molecule has 8 heteroatoms. The number of carbonyl (C=O) groups is 2. The minimum atomic E-state index is -0.883. The van der Waals surface area contributed by atoms with E-state index < -0.39 is 5.97 Å². The maximum absolute atomic E-state index is 12.3. The van der Waals surface area contributed by atoms with Gasteiger partial charge in [0, 0.05) is 24.7 Å². The van der Waals surface area contributed by atoms with Crippen molar-refractivity contribution in [2.75, 3.05) is 6.54 Å². The third kappa shape index (κ3) is 3.99. The van der Waals surface area contributed by atoms with Gasteiger partial charge in [-0.3, -0.25) is 14.5 Å². The smallest absolute Gasteiger partial charge is 0.303 e. The number of H-pyrrole nitrogens is 1. The quantitative estimate of drug-likeness (QED) is 0.634. The molecule has 110 valence electrons. The molecule has 0 radical (unpaired) electrons. The summed E-state index contributed by atoms with van der Waals surface area (Å²) in [4.78, 5) is 27.6. The predicted octanol–water partition coefficient (Wildman–Crippen LogP) is 2.81. The number of thiocarbonyl (C=S) groups is 1. The number of nitrogens with one attached hydrogen (secondary N) is 1. The summed E-state index contributed by atoms with van der Waals surface area (Å²) < 4.78 is 0.996. The van der Waals surface area contributed by atoms with E-state index in [2.05, 4.69) is 4.98 Å². The number of hydrogen-bond donors (Lipinski definition) is 2. The van der Waals surface area contributed by atoms with Gasteiger partial charge in [-0.15, -0.1) is 0 Å². The van der Waals surface area contributed by atoms with Crippen molar-refractivity contribution >= 4 is 58.5 Å². The molecule has 1 aliphatic rings. The first-order chi connectivity index (χ1) is 9.99. The molecular formula is C13H12N2O3S3. The second kappa shape index (κ2) is 6.97. The van der Waals surface area contributed by atoms with Crippen LogP contribution in [0.3, 0.4) is 0 Å². The molecule has 2 heterocycles. The van der Waals surface area contributed by atoms with E-state index in [1.165, 1.54) is 16.7 Å². The number of carboxylic acids is 1. The third-order valence-electron chi connectivity index (χ3n) is 2.78. The van der Waals surface area contributed by atoms with Crippen LogP contribution in [0.4, 0.5) is 0 Å². The summed E-state index contributed by atoms with van der Waals surface area (Å²) in [5.74, 6) is -1.08. The van der Waals surface area contributed by atoms with Crippen molar-refractivity contribution in [2.45, 2.75) is 12.8 Å². The zero-order valence-electron chi connectivity index (χ0n) is 10.9. The van der Waals surface area contributed by atoms with Gasteiger partial charge in [0.15, 0.2) is 0 Å². The molecule has 0 unspecified atom stereocenters. The molecule has 1 saturated heterocycles. The van der Waals surface area contributed by atoms with Crippen LogP contribution >= 0.6 is 36.2 Å². The van der Waals surface area contributed by atoms with Crippen molar-refractivity contribution < 1.29 is 14.7 Å². The van der Waals surface area contributed by atoms with E-state index in [1.807, 2.05) is 6.07 Å².